The molecular weight excluding hydrogens is 356 g/mol. The van der Waals surface area contributed by atoms with Gasteiger partial charge in [0.15, 0.2) is 11.5 Å². The highest BCUT2D eigenvalue weighted by Gasteiger charge is 2.06. The lowest BCUT2D eigenvalue weighted by Gasteiger charge is -2.11. The van der Waals surface area contributed by atoms with E-state index in [0.717, 1.165) is 11.1 Å². The summed E-state index contributed by atoms with van der Waals surface area (Å²) in [6.45, 7) is 4.94. The van der Waals surface area contributed by atoms with Gasteiger partial charge in [0.25, 0.3) is 5.56 Å². The van der Waals surface area contributed by atoms with Crippen LogP contribution >= 0.6 is 0 Å². The van der Waals surface area contributed by atoms with Crippen molar-refractivity contribution in [1.82, 2.24) is 9.97 Å². The van der Waals surface area contributed by atoms with E-state index < -0.39 is 0 Å². The molecule has 0 aliphatic carbocycles. The molecule has 0 spiro atoms. The first-order valence-corrected chi connectivity index (χ1v) is 9.05. The van der Waals surface area contributed by atoms with Crippen LogP contribution in [0.25, 0.3) is 11.3 Å². The molecule has 1 aromatic heterocycles. The molecular formula is C21H22N4O3. The molecule has 0 aliphatic heterocycles. The van der Waals surface area contributed by atoms with Crippen LogP contribution in [0.3, 0.4) is 0 Å². The largest absolute Gasteiger partial charge is 0.490 e. The number of hydrogen-bond acceptors (Lipinski definition) is 6. The van der Waals surface area contributed by atoms with Crippen LogP contribution in [-0.4, -0.2) is 29.4 Å². The molecule has 2 aromatic carbocycles. The van der Waals surface area contributed by atoms with Gasteiger partial charge in [-0.25, -0.2) is 10.4 Å². The first kappa shape index (κ1) is 19.2. The Morgan fingerprint density at radius 3 is 2.54 bits per heavy atom. The zero-order valence-corrected chi connectivity index (χ0v) is 15.8. The number of anilines is 1. The molecule has 0 bridgehead atoms. The summed E-state index contributed by atoms with van der Waals surface area (Å²) in [7, 11) is 0. The average molecular weight is 378 g/mol. The molecule has 1 heterocycles. The van der Waals surface area contributed by atoms with E-state index in [1.165, 1.54) is 6.07 Å². The van der Waals surface area contributed by atoms with Gasteiger partial charge >= 0.3 is 0 Å². The minimum atomic E-state index is -0.258. The summed E-state index contributed by atoms with van der Waals surface area (Å²) in [6, 6.07) is 16.5. The van der Waals surface area contributed by atoms with Crippen LogP contribution in [0, 0.1) is 0 Å². The first-order chi connectivity index (χ1) is 13.7. The number of rotatable bonds is 8. The highest BCUT2D eigenvalue weighted by molar-refractivity contribution is 5.81. The highest BCUT2D eigenvalue weighted by atomic mass is 16.5. The monoisotopic (exact) mass is 378 g/mol. The van der Waals surface area contributed by atoms with E-state index in [1.54, 1.807) is 6.21 Å². The van der Waals surface area contributed by atoms with Crippen LogP contribution in [-0.2, 0) is 0 Å². The second-order valence-electron chi connectivity index (χ2n) is 5.79. The molecule has 7 nitrogen and oxygen atoms in total. The summed E-state index contributed by atoms with van der Waals surface area (Å²) in [5.74, 6) is 1.61. The molecule has 0 fully saturated rings. The Bertz CT molecular complexity index is 1000. The number of H-pyrrole nitrogens is 1. The number of nitrogens with zero attached hydrogens (tertiary/aromatic N) is 2. The maximum atomic E-state index is 11.9. The molecule has 7 heteroatoms. The number of hydrogen-bond donors (Lipinski definition) is 2. The summed E-state index contributed by atoms with van der Waals surface area (Å²) in [5.41, 5.74) is 4.75. The average Bonchev–Trinajstić information content (AvgIpc) is 2.70. The van der Waals surface area contributed by atoms with Gasteiger partial charge in [-0.2, -0.15) is 5.10 Å². The fourth-order valence-electron chi connectivity index (χ4n) is 2.58. The van der Waals surface area contributed by atoms with Crippen molar-refractivity contribution in [2.24, 2.45) is 5.10 Å². The fraction of sp³-hybridized carbons (Fsp3) is 0.190. The van der Waals surface area contributed by atoms with Gasteiger partial charge in [-0.05, 0) is 37.6 Å². The van der Waals surface area contributed by atoms with Crippen LogP contribution in [0.5, 0.6) is 11.5 Å². The van der Waals surface area contributed by atoms with E-state index in [4.69, 9.17) is 9.47 Å². The Kier molecular flexibility index (Phi) is 6.41. The first-order valence-electron chi connectivity index (χ1n) is 9.05. The molecule has 0 saturated heterocycles. The molecule has 3 aromatic rings. The van der Waals surface area contributed by atoms with Crippen molar-refractivity contribution in [2.45, 2.75) is 13.8 Å². The summed E-state index contributed by atoms with van der Waals surface area (Å²) < 4.78 is 11.2. The lowest BCUT2D eigenvalue weighted by atomic mass is 10.1. The Balaban J connectivity index is 1.77. The lowest BCUT2D eigenvalue weighted by Crippen LogP contribution is -2.10. The quantitative estimate of drug-likeness (QED) is 0.461. The number of nitrogens with one attached hydrogen (secondary N) is 2. The maximum absolute atomic E-state index is 11.9. The molecule has 0 unspecified atom stereocenters. The van der Waals surface area contributed by atoms with Gasteiger partial charge < -0.3 is 9.47 Å². The molecule has 2 N–H and O–H groups in total. The van der Waals surface area contributed by atoms with Crippen molar-refractivity contribution in [1.29, 1.82) is 0 Å². The van der Waals surface area contributed by atoms with E-state index in [2.05, 4.69) is 20.5 Å². The van der Waals surface area contributed by atoms with Crippen LogP contribution in [0.15, 0.2) is 64.5 Å². The molecule has 28 heavy (non-hydrogen) atoms. The van der Waals surface area contributed by atoms with Crippen molar-refractivity contribution >= 4 is 12.2 Å². The van der Waals surface area contributed by atoms with Gasteiger partial charge in [0.05, 0.1) is 25.1 Å². The summed E-state index contributed by atoms with van der Waals surface area (Å²) in [6.07, 6.45) is 1.62. The SMILES string of the molecule is CCOc1ccc(/C=N\Nc2nc(-c3ccccc3)cc(=O)[nH]2)cc1OCC. The normalized spacial score (nSPS) is 10.8. The van der Waals surface area contributed by atoms with Gasteiger partial charge in [0, 0.05) is 11.6 Å². The molecule has 0 aliphatic rings. The Morgan fingerprint density at radius 2 is 1.79 bits per heavy atom. The zero-order valence-electron chi connectivity index (χ0n) is 15.8. The van der Waals surface area contributed by atoms with Crippen molar-refractivity contribution in [3.63, 3.8) is 0 Å². The number of aromatic nitrogens is 2. The topological polar surface area (TPSA) is 88.6 Å². The Labute approximate surface area is 163 Å². The van der Waals surface area contributed by atoms with E-state index in [1.807, 2.05) is 62.4 Å². The van der Waals surface area contributed by atoms with Crippen LogP contribution in [0.4, 0.5) is 5.95 Å². The van der Waals surface area contributed by atoms with Crippen molar-refractivity contribution in [3.8, 4) is 22.8 Å². The number of aromatic amines is 1. The summed E-state index contributed by atoms with van der Waals surface area (Å²) in [4.78, 5) is 18.9. The summed E-state index contributed by atoms with van der Waals surface area (Å²) >= 11 is 0. The van der Waals surface area contributed by atoms with Crippen LogP contribution in [0.1, 0.15) is 19.4 Å². The Morgan fingerprint density at radius 1 is 1.04 bits per heavy atom. The van der Waals surface area contributed by atoms with Gasteiger partial charge in [-0.3, -0.25) is 9.78 Å². The van der Waals surface area contributed by atoms with E-state index in [9.17, 15) is 4.79 Å². The predicted molar refractivity (Wildman–Crippen MR) is 110 cm³/mol. The Hall–Kier alpha value is -3.61. The van der Waals surface area contributed by atoms with Crippen LogP contribution < -0.4 is 20.5 Å². The van der Waals surface area contributed by atoms with Gasteiger partial charge in [-0.15, -0.1) is 0 Å². The van der Waals surface area contributed by atoms with Crippen molar-refractivity contribution in [2.75, 3.05) is 18.6 Å². The molecule has 0 amide bonds. The third kappa shape index (κ3) is 4.97. The third-order valence-electron chi connectivity index (χ3n) is 3.76. The van der Waals surface area contributed by atoms with Crippen LogP contribution in [0.2, 0.25) is 0 Å². The second kappa shape index (κ2) is 9.36. The predicted octanol–water partition coefficient (Wildman–Crippen LogP) is 3.68. The third-order valence-corrected chi connectivity index (χ3v) is 3.76. The molecule has 3 rings (SSSR count). The molecule has 0 atom stereocenters. The highest BCUT2D eigenvalue weighted by Crippen LogP contribution is 2.28. The van der Waals surface area contributed by atoms with Crippen molar-refractivity contribution < 1.29 is 9.47 Å². The van der Waals surface area contributed by atoms with E-state index in [-0.39, 0.29) is 11.5 Å². The standard InChI is InChI=1S/C21H22N4O3/c1-3-27-18-11-10-15(12-19(18)28-4-2)14-22-25-21-23-17(13-20(26)24-21)16-8-6-5-7-9-16/h5-14H,3-4H2,1-2H3,(H2,23,24,25,26)/b22-14-. The number of ether oxygens (including phenoxy) is 2. The minimum absolute atomic E-state index is 0.258. The van der Waals surface area contributed by atoms with Crippen molar-refractivity contribution in [3.05, 3.63) is 70.5 Å². The minimum Gasteiger partial charge on any atom is -0.490 e. The summed E-state index contributed by atoms with van der Waals surface area (Å²) in [5, 5.41) is 4.16. The van der Waals surface area contributed by atoms with E-state index in [0.29, 0.717) is 30.4 Å². The van der Waals surface area contributed by atoms with Gasteiger partial charge in [-0.1, -0.05) is 30.3 Å². The zero-order chi connectivity index (χ0) is 19.8. The molecule has 0 saturated carbocycles. The van der Waals surface area contributed by atoms with E-state index >= 15 is 0 Å². The molecule has 0 radical (unpaired) electrons. The number of hydrazone groups is 1. The number of benzene rings is 2. The lowest BCUT2D eigenvalue weighted by molar-refractivity contribution is 0.288. The van der Waals surface area contributed by atoms with Gasteiger partial charge in [0.1, 0.15) is 0 Å². The van der Waals surface area contributed by atoms with Gasteiger partial charge in [0.2, 0.25) is 5.95 Å². The molecule has 144 valence electrons. The maximum Gasteiger partial charge on any atom is 0.252 e. The second-order valence-corrected chi connectivity index (χ2v) is 5.79. The fourth-order valence-corrected chi connectivity index (χ4v) is 2.58. The smallest absolute Gasteiger partial charge is 0.252 e.